The van der Waals surface area contributed by atoms with Gasteiger partial charge >= 0.3 is 0 Å². The van der Waals surface area contributed by atoms with E-state index in [0.29, 0.717) is 11.0 Å². The summed E-state index contributed by atoms with van der Waals surface area (Å²) in [5.41, 5.74) is 5.61. The van der Waals surface area contributed by atoms with E-state index in [-0.39, 0.29) is 21.4 Å². The predicted molar refractivity (Wildman–Crippen MR) is 87.0 cm³/mol. The van der Waals surface area contributed by atoms with Gasteiger partial charge in [0.2, 0.25) is 5.76 Å². The number of amides is 1. The summed E-state index contributed by atoms with van der Waals surface area (Å²) in [7, 11) is -4.01. The maximum atomic E-state index is 12.5. The van der Waals surface area contributed by atoms with Crippen molar-refractivity contribution >= 4 is 44.2 Å². The fraction of sp³-hybridized carbons (Fsp3) is 0. The average Bonchev–Trinajstić information content (AvgIpc) is 2.86. The first-order valence-electron chi connectivity index (χ1n) is 6.49. The lowest BCUT2D eigenvalue weighted by Gasteiger charge is -2.09. The average molecular weight is 351 g/mol. The molecule has 0 unspecified atom stereocenters. The summed E-state index contributed by atoms with van der Waals surface area (Å²) in [5.74, 6) is -1.14. The van der Waals surface area contributed by atoms with Gasteiger partial charge in [0.05, 0.1) is 5.02 Å². The fourth-order valence-corrected chi connectivity index (χ4v) is 3.78. The van der Waals surface area contributed by atoms with Crippen molar-refractivity contribution in [3.8, 4) is 0 Å². The van der Waals surface area contributed by atoms with Crippen molar-refractivity contribution < 1.29 is 17.6 Å². The molecular formula is C15H11ClN2O4S. The largest absolute Gasteiger partial charge is 0.449 e. The number of nitrogens with one attached hydrogen (secondary N) is 1. The van der Waals surface area contributed by atoms with Crippen LogP contribution in [0.25, 0.3) is 11.0 Å². The van der Waals surface area contributed by atoms with E-state index in [1.54, 1.807) is 36.4 Å². The minimum absolute atomic E-state index is 0.00646. The highest BCUT2D eigenvalue weighted by molar-refractivity contribution is 7.92. The minimum atomic E-state index is -4.01. The number of nitrogens with two attached hydrogens (primary N) is 1. The molecule has 6 nitrogen and oxygen atoms in total. The van der Waals surface area contributed by atoms with E-state index in [1.807, 2.05) is 0 Å². The quantitative estimate of drug-likeness (QED) is 0.754. The number of carbonyl (C=O) groups is 1. The summed E-state index contributed by atoms with van der Waals surface area (Å²) in [6.45, 7) is 0. The number of fused-ring (bicyclic) bond motifs is 1. The van der Waals surface area contributed by atoms with Gasteiger partial charge in [0.1, 0.15) is 16.2 Å². The van der Waals surface area contributed by atoms with Gasteiger partial charge in [0.25, 0.3) is 15.9 Å². The highest BCUT2D eigenvalue weighted by Gasteiger charge is 2.25. The molecule has 8 heteroatoms. The molecule has 0 aliphatic carbocycles. The molecule has 3 rings (SSSR count). The van der Waals surface area contributed by atoms with Crippen molar-refractivity contribution in [2.45, 2.75) is 4.90 Å². The van der Waals surface area contributed by atoms with Gasteiger partial charge in [-0.25, -0.2) is 8.42 Å². The Kier molecular flexibility index (Phi) is 3.75. The number of carbonyl (C=O) groups excluding carboxylic acids is 1. The second kappa shape index (κ2) is 5.60. The van der Waals surface area contributed by atoms with Crippen LogP contribution in [0.3, 0.4) is 0 Å². The number of primary amides is 1. The van der Waals surface area contributed by atoms with Crippen LogP contribution in [0.4, 0.5) is 5.69 Å². The van der Waals surface area contributed by atoms with Crippen LogP contribution in [0.2, 0.25) is 5.02 Å². The summed E-state index contributed by atoms with van der Waals surface area (Å²) >= 11 is 5.94. The van der Waals surface area contributed by atoms with Crippen LogP contribution >= 0.6 is 11.6 Å². The number of rotatable bonds is 4. The second-order valence-corrected chi connectivity index (χ2v) is 6.76. The number of hydrogen-bond donors (Lipinski definition) is 2. The molecule has 0 saturated carbocycles. The third-order valence-electron chi connectivity index (χ3n) is 3.18. The summed E-state index contributed by atoms with van der Waals surface area (Å²) < 4.78 is 32.8. The van der Waals surface area contributed by atoms with Crippen LogP contribution in [-0.4, -0.2) is 14.3 Å². The molecule has 3 N–H and O–H groups in total. The molecule has 0 saturated heterocycles. The van der Waals surface area contributed by atoms with Gasteiger partial charge in [0, 0.05) is 5.39 Å². The third kappa shape index (κ3) is 2.76. The standard InChI is InChI=1S/C15H11ClN2O4S/c16-10-6-2-4-8-12(10)23(20,21)18-13-9-5-1-3-7-11(9)22-14(13)15(17)19/h1-8,18H,(H2,17,19). The van der Waals surface area contributed by atoms with Crippen molar-refractivity contribution in [3.63, 3.8) is 0 Å². The van der Waals surface area contributed by atoms with E-state index in [1.165, 1.54) is 12.1 Å². The molecule has 1 amide bonds. The van der Waals surface area contributed by atoms with Gasteiger partial charge in [-0.3, -0.25) is 9.52 Å². The molecule has 0 aliphatic heterocycles. The van der Waals surface area contributed by atoms with Gasteiger partial charge < -0.3 is 10.2 Å². The number of sulfonamides is 1. The first-order valence-corrected chi connectivity index (χ1v) is 8.35. The highest BCUT2D eigenvalue weighted by Crippen LogP contribution is 2.33. The van der Waals surface area contributed by atoms with Gasteiger partial charge in [-0.15, -0.1) is 0 Å². The van der Waals surface area contributed by atoms with Crippen molar-refractivity contribution in [1.29, 1.82) is 0 Å². The van der Waals surface area contributed by atoms with E-state index < -0.39 is 15.9 Å². The summed E-state index contributed by atoms with van der Waals surface area (Å²) in [5, 5.41) is 0.491. The molecule has 0 fully saturated rings. The van der Waals surface area contributed by atoms with E-state index in [2.05, 4.69) is 4.72 Å². The van der Waals surface area contributed by atoms with Crippen molar-refractivity contribution in [2.75, 3.05) is 4.72 Å². The Hall–Kier alpha value is -2.51. The van der Waals surface area contributed by atoms with Crippen molar-refractivity contribution in [2.24, 2.45) is 5.73 Å². The normalized spacial score (nSPS) is 11.5. The lowest BCUT2D eigenvalue weighted by molar-refractivity contribution is 0.0977. The second-order valence-electron chi connectivity index (χ2n) is 4.70. The van der Waals surface area contributed by atoms with Gasteiger partial charge in [-0.2, -0.15) is 0 Å². The Bertz CT molecular complexity index is 1010. The Morgan fingerprint density at radius 1 is 1.09 bits per heavy atom. The number of hydrogen-bond acceptors (Lipinski definition) is 4. The predicted octanol–water partition coefficient (Wildman–Crippen LogP) is 2.99. The van der Waals surface area contributed by atoms with Crippen molar-refractivity contribution in [3.05, 3.63) is 59.3 Å². The molecule has 2 aromatic carbocycles. The van der Waals surface area contributed by atoms with Crippen LogP contribution in [0.5, 0.6) is 0 Å². The van der Waals surface area contributed by atoms with E-state index in [4.69, 9.17) is 21.8 Å². The van der Waals surface area contributed by atoms with E-state index in [0.717, 1.165) is 0 Å². The number of benzene rings is 2. The van der Waals surface area contributed by atoms with Crippen LogP contribution in [0, 0.1) is 0 Å². The Morgan fingerprint density at radius 2 is 1.74 bits per heavy atom. The zero-order valence-electron chi connectivity index (χ0n) is 11.6. The van der Waals surface area contributed by atoms with Crippen LogP contribution < -0.4 is 10.5 Å². The van der Waals surface area contributed by atoms with E-state index >= 15 is 0 Å². The molecule has 1 heterocycles. The van der Waals surface area contributed by atoms with Gasteiger partial charge in [-0.1, -0.05) is 35.9 Å². The lowest BCUT2D eigenvalue weighted by Crippen LogP contribution is -2.17. The van der Waals surface area contributed by atoms with Crippen LogP contribution in [0.15, 0.2) is 57.8 Å². The molecule has 0 bridgehead atoms. The maximum absolute atomic E-state index is 12.5. The zero-order chi connectivity index (χ0) is 16.6. The van der Waals surface area contributed by atoms with Gasteiger partial charge in [0.15, 0.2) is 0 Å². The molecule has 3 aromatic rings. The molecule has 1 aromatic heterocycles. The molecule has 118 valence electrons. The number of halogens is 1. The number of para-hydroxylation sites is 1. The minimum Gasteiger partial charge on any atom is -0.449 e. The Labute approximate surface area is 136 Å². The SMILES string of the molecule is NC(=O)c1oc2ccccc2c1NS(=O)(=O)c1ccccc1Cl. The Balaban J connectivity index is 2.16. The lowest BCUT2D eigenvalue weighted by atomic mass is 10.2. The molecule has 0 atom stereocenters. The fourth-order valence-electron chi connectivity index (χ4n) is 2.17. The summed E-state index contributed by atoms with van der Waals surface area (Å²) in [4.78, 5) is 11.4. The molecule has 0 aliphatic rings. The highest BCUT2D eigenvalue weighted by atomic mass is 35.5. The van der Waals surface area contributed by atoms with Crippen LogP contribution in [0.1, 0.15) is 10.6 Å². The van der Waals surface area contributed by atoms with Crippen molar-refractivity contribution in [1.82, 2.24) is 0 Å². The third-order valence-corrected chi connectivity index (χ3v) is 5.03. The Morgan fingerprint density at radius 3 is 2.43 bits per heavy atom. The summed E-state index contributed by atoms with van der Waals surface area (Å²) in [6.07, 6.45) is 0. The molecule has 23 heavy (non-hydrogen) atoms. The summed E-state index contributed by atoms with van der Waals surface area (Å²) in [6, 6.07) is 12.6. The topological polar surface area (TPSA) is 102 Å². The van der Waals surface area contributed by atoms with E-state index in [9.17, 15) is 13.2 Å². The molecular weight excluding hydrogens is 340 g/mol. The van der Waals surface area contributed by atoms with Crippen LogP contribution in [-0.2, 0) is 10.0 Å². The smallest absolute Gasteiger partial charge is 0.286 e. The van der Waals surface area contributed by atoms with Gasteiger partial charge in [-0.05, 0) is 24.3 Å². The zero-order valence-corrected chi connectivity index (χ0v) is 13.2. The molecule has 0 spiro atoms. The number of furan rings is 1. The first-order chi connectivity index (χ1) is 10.9. The number of anilines is 1. The first kappa shape index (κ1) is 15.4. The molecule has 0 radical (unpaired) electrons. The maximum Gasteiger partial charge on any atom is 0.286 e. The monoisotopic (exact) mass is 350 g/mol.